The zero-order chi connectivity index (χ0) is 15.3. The number of hydrogen-bond acceptors (Lipinski definition) is 3. The van der Waals surface area contributed by atoms with Crippen LogP contribution in [0.25, 0.3) is 0 Å². The summed E-state index contributed by atoms with van der Waals surface area (Å²) < 4.78 is 26.8. The van der Waals surface area contributed by atoms with Gasteiger partial charge in [0, 0.05) is 22.2 Å². The summed E-state index contributed by atoms with van der Waals surface area (Å²) >= 11 is 13.3. The molecule has 0 aromatic heterocycles. The van der Waals surface area contributed by atoms with Crippen molar-refractivity contribution < 1.29 is 8.42 Å². The molecule has 0 aliphatic rings. The Morgan fingerprint density at radius 3 is 2.48 bits per heavy atom. The first kappa shape index (κ1) is 16.6. The molecule has 0 saturated heterocycles. The molecule has 0 saturated carbocycles. The molecule has 3 nitrogen and oxygen atoms in total. The second kappa shape index (κ2) is 7.51. The predicted molar refractivity (Wildman–Crippen MR) is 88.8 cm³/mol. The minimum atomic E-state index is -3.65. The molecule has 21 heavy (non-hydrogen) atoms. The van der Waals surface area contributed by atoms with Gasteiger partial charge in [-0.1, -0.05) is 41.4 Å². The van der Waals surface area contributed by atoms with Crippen LogP contribution in [-0.4, -0.2) is 20.7 Å². The fourth-order valence-corrected chi connectivity index (χ4v) is 4.33. The lowest BCUT2D eigenvalue weighted by Gasteiger charge is -2.08. The summed E-state index contributed by atoms with van der Waals surface area (Å²) in [6, 6.07) is 14.1. The average Bonchev–Trinajstić information content (AvgIpc) is 2.47. The van der Waals surface area contributed by atoms with E-state index in [0.29, 0.717) is 17.3 Å². The van der Waals surface area contributed by atoms with Gasteiger partial charge in [0.1, 0.15) is 4.90 Å². The molecule has 0 amide bonds. The fourth-order valence-electron chi connectivity index (χ4n) is 1.62. The van der Waals surface area contributed by atoms with E-state index in [4.69, 9.17) is 23.2 Å². The quantitative estimate of drug-likeness (QED) is 0.623. The summed E-state index contributed by atoms with van der Waals surface area (Å²) in [4.78, 5) is 1.10. The van der Waals surface area contributed by atoms with Crippen molar-refractivity contribution in [1.29, 1.82) is 0 Å². The van der Waals surface area contributed by atoms with Gasteiger partial charge in [-0.2, -0.15) is 0 Å². The molecule has 7 heteroatoms. The van der Waals surface area contributed by atoms with Crippen LogP contribution in [0.4, 0.5) is 0 Å². The first-order valence-corrected chi connectivity index (χ1v) is 9.34. The van der Waals surface area contributed by atoms with E-state index >= 15 is 0 Å². The van der Waals surface area contributed by atoms with Crippen molar-refractivity contribution in [2.75, 3.05) is 12.3 Å². The molecular formula is C14H13Cl2NO2S2. The number of halogens is 2. The molecule has 2 aromatic carbocycles. The Morgan fingerprint density at radius 2 is 1.76 bits per heavy atom. The van der Waals surface area contributed by atoms with Crippen LogP contribution in [0.1, 0.15) is 0 Å². The van der Waals surface area contributed by atoms with E-state index in [2.05, 4.69) is 4.72 Å². The number of nitrogens with one attached hydrogen (secondary N) is 1. The summed E-state index contributed by atoms with van der Waals surface area (Å²) in [5.41, 5.74) is 0. The van der Waals surface area contributed by atoms with Gasteiger partial charge in [0.05, 0.1) is 5.02 Å². The molecule has 0 spiro atoms. The van der Waals surface area contributed by atoms with Gasteiger partial charge in [-0.05, 0) is 30.3 Å². The number of thioether (sulfide) groups is 1. The van der Waals surface area contributed by atoms with Gasteiger partial charge >= 0.3 is 0 Å². The van der Waals surface area contributed by atoms with Gasteiger partial charge in [-0.3, -0.25) is 0 Å². The largest absolute Gasteiger partial charge is 0.242 e. The Bertz CT molecular complexity index is 706. The van der Waals surface area contributed by atoms with Crippen LogP contribution in [0.5, 0.6) is 0 Å². The van der Waals surface area contributed by atoms with Gasteiger partial charge < -0.3 is 0 Å². The summed E-state index contributed by atoms with van der Waals surface area (Å²) in [5.74, 6) is 0.626. The number of sulfonamides is 1. The average molecular weight is 362 g/mol. The van der Waals surface area contributed by atoms with Crippen LogP contribution < -0.4 is 4.72 Å². The highest BCUT2D eigenvalue weighted by Crippen LogP contribution is 2.25. The first-order chi connectivity index (χ1) is 9.99. The smallest absolute Gasteiger partial charge is 0.210 e. The molecule has 0 radical (unpaired) electrons. The molecule has 2 aromatic rings. The van der Waals surface area contributed by atoms with Crippen molar-refractivity contribution in [1.82, 2.24) is 4.72 Å². The Balaban J connectivity index is 1.94. The summed E-state index contributed by atoms with van der Waals surface area (Å²) in [6.45, 7) is 0.310. The second-order valence-electron chi connectivity index (χ2n) is 4.13. The molecule has 0 aliphatic heterocycles. The highest BCUT2D eigenvalue weighted by atomic mass is 35.5. The van der Waals surface area contributed by atoms with Crippen molar-refractivity contribution in [2.45, 2.75) is 9.79 Å². The van der Waals surface area contributed by atoms with Crippen LogP contribution in [0.15, 0.2) is 58.3 Å². The van der Waals surface area contributed by atoms with E-state index in [1.54, 1.807) is 17.8 Å². The third-order valence-corrected chi connectivity index (χ3v) is 5.78. The Hall–Kier alpha value is -0.720. The fraction of sp³-hybridized carbons (Fsp3) is 0.143. The van der Waals surface area contributed by atoms with Crippen LogP contribution in [0, 0.1) is 0 Å². The molecule has 0 atom stereocenters. The minimum absolute atomic E-state index is 0.00128. The number of benzene rings is 2. The van der Waals surface area contributed by atoms with Crippen molar-refractivity contribution in [3.63, 3.8) is 0 Å². The maximum atomic E-state index is 12.2. The Labute approximate surface area is 138 Å². The lowest BCUT2D eigenvalue weighted by Crippen LogP contribution is -2.26. The summed E-state index contributed by atoms with van der Waals surface area (Å²) in [6.07, 6.45) is 0. The lowest BCUT2D eigenvalue weighted by molar-refractivity contribution is 0.584. The van der Waals surface area contributed by atoms with E-state index in [9.17, 15) is 8.42 Å². The molecule has 0 unspecified atom stereocenters. The predicted octanol–water partition coefficient (Wildman–Crippen LogP) is 4.06. The molecule has 0 bridgehead atoms. The van der Waals surface area contributed by atoms with Gasteiger partial charge in [0.2, 0.25) is 10.0 Å². The highest BCUT2D eigenvalue weighted by Gasteiger charge is 2.17. The third-order valence-electron chi connectivity index (χ3n) is 2.59. The van der Waals surface area contributed by atoms with Gasteiger partial charge in [0.25, 0.3) is 0 Å². The SMILES string of the molecule is O=S(=O)(NCCSc1ccccc1)c1cc(Cl)ccc1Cl. The monoisotopic (exact) mass is 361 g/mol. The number of hydrogen-bond donors (Lipinski definition) is 1. The van der Waals surface area contributed by atoms with Gasteiger partial charge in [-0.15, -0.1) is 11.8 Å². The Morgan fingerprint density at radius 1 is 1.05 bits per heavy atom. The van der Waals surface area contributed by atoms with Crippen molar-refractivity contribution in [3.8, 4) is 0 Å². The second-order valence-corrected chi connectivity index (χ2v) is 7.88. The topological polar surface area (TPSA) is 46.2 Å². The standard InChI is InChI=1S/C14H13Cl2NO2S2/c15-11-6-7-13(16)14(10-11)21(18,19)17-8-9-20-12-4-2-1-3-5-12/h1-7,10,17H,8-9H2. The van der Waals surface area contributed by atoms with Gasteiger partial charge in [0.15, 0.2) is 0 Å². The zero-order valence-corrected chi connectivity index (χ0v) is 14.1. The summed E-state index contributed by atoms with van der Waals surface area (Å²) in [5, 5.41) is 0.487. The van der Waals surface area contributed by atoms with E-state index in [1.807, 2.05) is 30.3 Å². The molecule has 112 valence electrons. The van der Waals surface area contributed by atoms with Crippen LogP contribution in [0.2, 0.25) is 10.0 Å². The maximum Gasteiger partial charge on any atom is 0.242 e. The third kappa shape index (κ3) is 4.90. The van der Waals surface area contributed by atoms with E-state index in [-0.39, 0.29) is 9.92 Å². The van der Waals surface area contributed by atoms with Crippen LogP contribution >= 0.6 is 35.0 Å². The van der Waals surface area contributed by atoms with Gasteiger partial charge in [-0.25, -0.2) is 13.1 Å². The van der Waals surface area contributed by atoms with E-state index < -0.39 is 10.0 Å². The van der Waals surface area contributed by atoms with E-state index in [0.717, 1.165) is 4.90 Å². The highest BCUT2D eigenvalue weighted by molar-refractivity contribution is 7.99. The normalized spacial score (nSPS) is 11.5. The van der Waals surface area contributed by atoms with Crippen LogP contribution in [0.3, 0.4) is 0 Å². The van der Waals surface area contributed by atoms with E-state index in [1.165, 1.54) is 12.1 Å². The molecule has 0 aliphatic carbocycles. The maximum absolute atomic E-state index is 12.2. The molecule has 1 N–H and O–H groups in total. The minimum Gasteiger partial charge on any atom is -0.210 e. The van der Waals surface area contributed by atoms with Crippen molar-refractivity contribution >= 4 is 45.0 Å². The van der Waals surface area contributed by atoms with Crippen LogP contribution in [-0.2, 0) is 10.0 Å². The lowest BCUT2D eigenvalue weighted by atomic mass is 10.4. The Kier molecular flexibility index (Phi) is 5.96. The first-order valence-electron chi connectivity index (χ1n) is 6.11. The zero-order valence-electron chi connectivity index (χ0n) is 10.9. The number of rotatable bonds is 6. The molecular weight excluding hydrogens is 349 g/mol. The summed E-state index contributed by atoms with van der Waals surface area (Å²) in [7, 11) is -3.65. The van der Waals surface area contributed by atoms with Crippen molar-refractivity contribution in [3.05, 3.63) is 58.6 Å². The molecule has 2 rings (SSSR count). The molecule has 0 fully saturated rings. The molecule has 0 heterocycles. The van der Waals surface area contributed by atoms with Crippen molar-refractivity contribution in [2.24, 2.45) is 0 Å².